The Morgan fingerprint density at radius 3 is 2.72 bits per heavy atom. The molecule has 0 saturated carbocycles. The van der Waals surface area contributed by atoms with Crippen LogP contribution in [-0.2, 0) is 10.2 Å². The molecule has 18 heavy (non-hydrogen) atoms. The fourth-order valence-corrected chi connectivity index (χ4v) is 2.98. The second-order valence-electron chi connectivity index (χ2n) is 3.66. The molecule has 98 valence electrons. The van der Waals surface area contributed by atoms with Crippen LogP contribution in [0.2, 0.25) is 0 Å². The third-order valence-corrected chi connectivity index (χ3v) is 4.14. The Labute approximate surface area is 104 Å². The highest BCUT2D eigenvalue weighted by atomic mass is 32.2. The number of hydrogen-bond donors (Lipinski definition) is 2. The summed E-state index contributed by atoms with van der Waals surface area (Å²) in [5, 5.41) is 8.93. The summed E-state index contributed by atoms with van der Waals surface area (Å²) in [4.78, 5) is 10.9. The van der Waals surface area contributed by atoms with Crippen LogP contribution in [-0.4, -0.2) is 39.7 Å². The van der Waals surface area contributed by atoms with E-state index in [2.05, 4.69) is 4.72 Å². The quantitative estimate of drug-likeness (QED) is 0.810. The number of carboxylic acid groups (broad SMARTS) is 1. The molecule has 1 heterocycles. The minimum atomic E-state index is -3.52. The van der Waals surface area contributed by atoms with Crippen molar-refractivity contribution in [3.63, 3.8) is 0 Å². The van der Waals surface area contributed by atoms with E-state index in [4.69, 9.17) is 9.84 Å². The number of rotatable bonds is 3. The number of methoxy groups -OCH3 is 1. The van der Waals surface area contributed by atoms with Crippen LogP contribution in [0, 0.1) is 0 Å². The number of ether oxygens (including phenoxy) is 1. The van der Waals surface area contributed by atoms with Crippen molar-refractivity contribution < 1.29 is 23.1 Å². The van der Waals surface area contributed by atoms with Gasteiger partial charge in [-0.25, -0.2) is 4.79 Å². The number of benzene rings is 1. The smallest absolute Gasteiger partial charge is 0.339 e. The molecule has 1 fully saturated rings. The first-order valence-electron chi connectivity index (χ1n) is 5.14. The lowest BCUT2D eigenvalue weighted by molar-refractivity contribution is 0.0693. The number of hydrogen-bond acceptors (Lipinski definition) is 4. The van der Waals surface area contributed by atoms with Crippen LogP contribution in [0.5, 0.6) is 5.75 Å². The second-order valence-corrected chi connectivity index (χ2v) is 5.34. The Bertz CT molecular complexity index is 584. The fraction of sp³-hybridized carbons (Fsp3) is 0.300. The maximum Gasteiger partial charge on any atom is 0.339 e. The van der Waals surface area contributed by atoms with E-state index in [0.717, 1.165) is 0 Å². The van der Waals surface area contributed by atoms with Crippen LogP contribution in [0.25, 0.3) is 0 Å². The summed E-state index contributed by atoms with van der Waals surface area (Å²) in [7, 11) is -2.18. The molecule has 1 aromatic rings. The highest BCUT2D eigenvalue weighted by Gasteiger charge is 2.28. The number of anilines is 1. The maximum atomic E-state index is 11.6. The molecule has 0 aliphatic carbocycles. The largest absolute Gasteiger partial charge is 0.496 e. The normalized spacial score (nSPS) is 17.7. The van der Waals surface area contributed by atoms with E-state index in [1.165, 1.54) is 29.6 Å². The Balaban J connectivity index is 2.45. The summed E-state index contributed by atoms with van der Waals surface area (Å²) in [6.07, 6.45) is 0. The van der Waals surface area contributed by atoms with Crippen LogP contribution in [0.4, 0.5) is 5.69 Å². The molecular weight excluding hydrogens is 260 g/mol. The predicted octanol–water partition coefficient (Wildman–Crippen LogP) is 0.0478. The van der Waals surface area contributed by atoms with Crippen LogP contribution in [0.15, 0.2) is 18.2 Å². The minimum absolute atomic E-state index is 0.00851. The molecule has 1 aliphatic rings. The van der Waals surface area contributed by atoms with Gasteiger partial charge >= 0.3 is 16.2 Å². The van der Waals surface area contributed by atoms with Gasteiger partial charge in [0.15, 0.2) is 0 Å². The molecule has 0 unspecified atom stereocenters. The zero-order valence-corrected chi connectivity index (χ0v) is 10.4. The maximum absolute atomic E-state index is 11.6. The summed E-state index contributed by atoms with van der Waals surface area (Å²) in [5.74, 6) is -0.997. The topological polar surface area (TPSA) is 95.9 Å². The van der Waals surface area contributed by atoms with E-state index in [1.807, 2.05) is 0 Å². The van der Waals surface area contributed by atoms with Crippen molar-refractivity contribution >= 4 is 21.9 Å². The Kier molecular flexibility index (Phi) is 3.14. The molecule has 0 amide bonds. The summed E-state index contributed by atoms with van der Waals surface area (Å²) in [5.41, 5.74) is 0.368. The zero-order chi connectivity index (χ0) is 13.3. The van der Waals surface area contributed by atoms with Crippen molar-refractivity contribution in [2.24, 2.45) is 0 Å². The molecule has 1 aliphatic heterocycles. The molecule has 1 aromatic carbocycles. The van der Waals surface area contributed by atoms with Gasteiger partial charge in [-0.2, -0.15) is 13.1 Å². The number of carboxylic acids is 1. The molecule has 0 bridgehead atoms. The Morgan fingerprint density at radius 1 is 1.50 bits per heavy atom. The summed E-state index contributed by atoms with van der Waals surface area (Å²) >= 11 is 0. The monoisotopic (exact) mass is 272 g/mol. The van der Waals surface area contributed by atoms with Crippen molar-refractivity contribution in [3.05, 3.63) is 23.8 Å². The first-order valence-corrected chi connectivity index (χ1v) is 6.58. The summed E-state index contributed by atoms with van der Waals surface area (Å²) < 4.78 is 31.8. The van der Waals surface area contributed by atoms with Gasteiger partial charge in [-0.1, -0.05) is 0 Å². The van der Waals surface area contributed by atoms with Crippen molar-refractivity contribution in [3.8, 4) is 5.75 Å². The van der Waals surface area contributed by atoms with E-state index >= 15 is 0 Å². The zero-order valence-electron chi connectivity index (χ0n) is 9.58. The highest BCUT2D eigenvalue weighted by molar-refractivity contribution is 7.91. The lowest BCUT2D eigenvalue weighted by Gasteiger charge is -2.17. The van der Waals surface area contributed by atoms with E-state index in [9.17, 15) is 13.2 Å². The van der Waals surface area contributed by atoms with E-state index < -0.39 is 16.2 Å². The predicted molar refractivity (Wildman–Crippen MR) is 64.2 cm³/mol. The first kappa shape index (κ1) is 12.7. The molecular formula is C10H12N2O5S. The van der Waals surface area contributed by atoms with Crippen molar-refractivity contribution in [1.29, 1.82) is 0 Å². The highest BCUT2D eigenvalue weighted by Crippen LogP contribution is 2.28. The van der Waals surface area contributed by atoms with Gasteiger partial charge in [-0.05, 0) is 12.1 Å². The number of carbonyl (C=O) groups is 1. The number of aromatic carboxylic acids is 1. The molecule has 8 heteroatoms. The Hall–Kier alpha value is -1.80. The van der Waals surface area contributed by atoms with Gasteiger partial charge in [0.05, 0.1) is 12.8 Å². The standard InChI is InChI=1S/C10H12N2O5S/c1-17-9-6-7(2-3-8(9)10(13)14)12-5-4-11-18(12,15)16/h2-3,6,11H,4-5H2,1H3,(H,13,14). The average Bonchev–Trinajstić information content (AvgIpc) is 2.68. The summed E-state index contributed by atoms with van der Waals surface area (Å²) in [6.45, 7) is 0.628. The second kappa shape index (κ2) is 4.46. The van der Waals surface area contributed by atoms with Crippen molar-refractivity contribution in [2.45, 2.75) is 0 Å². The SMILES string of the molecule is COc1cc(N2CCNS2(=O)=O)ccc1C(=O)O. The summed E-state index contributed by atoms with van der Waals surface area (Å²) in [6, 6.07) is 4.16. The molecule has 0 radical (unpaired) electrons. The van der Waals surface area contributed by atoms with E-state index in [-0.39, 0.29) is 11.3 Å². The number of nitrogens with one attached hydrogen (secondary N) is 1. The van der Waals surface area contributed by atoms with Gasteiger partial charge < -0.3 is 9.84 Å². The van der Waals surface area contributed by atoms with E-state index in [0.29, 0.717) is 18.8 Å². The third-order valence-electron chi connectivity index (χ3n) is 2.59. The fourth-order valence-electron chi connectivity index (χ4n) is 1.75. The van der Waals surface area contributed by atoms with Gasteiger partial charge in [0.2, 0.25) is 0 Å². The van der Waals surface area contributed by atoms with E-state index in [1.54, 1.807) is 0 Å². The average molecular weight is 272 g/mol. The molecule has 7 nitrogen and oxygen atoms in total. The minimum Gasteiger partial charge on any atom is -0.496 e. The van der Waals surface area contributed by atoms with Gasteiger partial charge in [0.25, 0.3) is 0 Å². The van der Waals surface area contributed by atoms with Crippen molar-refractivity contribution in [2.75, 3.05) is 24.5 Å². The van der Waals surface area contributed by atoms with Crippen LogP contribution < -0.4 is 13.8 Å². The first-order chi connectivity index (χ1) is 8.45. The molecule has 0 spiro atoms. The molecule has 2 rings (SSSR count). The van der Waals surface area contributed by atoms with Crippen LogP contribution in [0.1, 0.15) is 10.4 Å². The van der Waals surface area contributed by atoms with Crippen LogP contribution in [0.3, 0.4) is 0 Å². The number of nitrogens with zero attached hydrogens (tertiary/aromatic N) is 1. The molecule has 1 saturated heterocycles. The molecule has 2 N–H and O–H groups in total. The third kappa shape index (κ3) is 2.12. The van der Waals surface area contributed by atoms with Gasteiger partial charge in [-0.15, -0.1) is 0 Å². The molecule has 0 aromatic heterocycles. The van der Waals surface area contributed by atoms with Gasteiger partial charge in [0.1, 0.15) is 11.3 Å². The Morgan fingerprint density at radius 2 is 2.22 bits per heavy atom. The lowest BCUT2D eigenvalue weighted by atomic mass is 10.2. The van der Waals surface area contributed by atoms with Gasteiger partial charge in [0, 0.05) is 19.2 Å². The van der Waals surface area contributed by atoms with Crippen molar-refractivity contribution in [1.82, 2.24) is 4.72 Å². The lowest BCUT2D eigenvalue weighted by Crippen LogP contribution is -2.29. The van der Waals surface area contributed by atoms with Gasteiger partial charge in [-0.3, -0.25) is 4.31 Å². The van der Waals surface area contributed by atoms with Crippen LogP contribution >= 0.6 is 0 Å². The molecule has 0 atom stereocenters.